The minimum Gasteiger partial charge on any atom is -0.454 e. The number of carbonyl (C=O) groups is 2. The second kappa shape index (κ2) is 10.7. The molecule has 188 valence electrons. The van der Waals surface area contributed by atoms with Crippen molar-refractivity contribution in [2.24, 2.45) is 5.73 Å². The van der Waals surface area contributed by atoms with Crippen LogP contribution in [0.2, 0.25) is 0 Å². The van der Waals surface area contributed by atoms with Crippen molar-refractivity contribution in [2.45, 2.75) is 44.3 Å². The number of rotatable bonds is 6. The summed E-state index contributed by atoms with van der Waals surface area (Å²) in [6.45, 7) is 0.548. The van der Waals surface area contributed by atoms with Gasteiger partial charge in [0.15, 0.2) is 11.5 Å². The van der Waals surface area contributed by atoms with Crippen molar-refractivity contribution >= 4 is 17.5 Å². The Kier molecular flexibility index (Phi) is 7.06. The number of nitrogens with one attached hydrogen (secondary N) is 1. The van der Waals surface area contributed by atoms with E-state index in [1.165, 1.54) is 0 Å². The van der Waals surface area contributed by atoms with Gasteiger partial charge in [-0.1, -0.05) is 25.0 Å². The molecule has 1 saturated carbocycles. The lowest BCUT2D eigenvalue weighted by Crippen LogP contribution is -2.51. The molecule has 1 fully saturated rings. The van der Waals surface area contributed by atoms with E-state index in [0.717, 1.165) is 31.2 Å². The summed E-state index contributed by atoms with van der Waals surface area (Å²) < 4.78 is 10.7. The number of nitriles is 1. The Morgan fingerprint density at radius 2 is 1.65 bits per heavy atom. The van der Waals surface area contributed by atoms with Gasteiger partial charge in [0.05, 0.1) is 11.6 Å². The SMILES string of the molecule is N#Cc1ccc(C(=O)N(Cc2ccc(NC(=O)c3ccc4c(c3)OCO4)cc2)C2CCCCC2N)cc1. The minimum absolute atomic E-state index is 0.0673. The fourth-order valence-electron chi connectivity index (χ4n) is 4.85. The van der Waals surface area contributed by atoms with Gasteiger partial charge in [-0.05, 0) is 73.0 Å². The number of hydrogen-bond acceptors (Lipinski definition) is 6. The third-order valence-electron chi connectivity index (χ3n) is 6.90. The number of carbonyl (C=O) groups excluding carboxylic acids is 2. The van der Waals surface area contributed by atoms with E-state index in [1.54, 1.807) is 42.5 Å². The van der Waals surface area contributed by atoms with Crippen LogP contribution in [0, 0.1) is 11.3 Å². The molecule has 0 saturated heterocycles. The number of nitrogens with zero attached hydrogens (tertiary/aromatic N) is 2. The number of nitrogens with two attached hydrogens (primary N) is 1. The molecule has 37 heavy (non-hydrogen) atoms. The van der Waals surface area contributed by atoms with Gasteiger partial charge in [-0.2, -0.15) is 5.26 Å². The highest BCUT2D eigenvalue weighted by Crippen LogP contribution is 2.32. The van der Waals surface area contributed by atoms with E-state index in [1.807, 2.05) is 29.2 Å². The number of anilines is 1. The molecule has 2 atom stereocenters. The normalized spacial score (nSPS) is 18.1. The van der Waals surface area contributed by atoms with Crippen LogP contribution in [0.4, 0.5) is 5.69 Å². The maximum atomic E-state index is 13.6. The van der Waals surface area contributed by atoms with E-state index in [-0.39, 0.29) is 30.7 Å². The lowest BCUT2D eigenvalue weighted by Gasteiger charge is -2.38. The van der Waals surface area contributed by atoms with Gasteiger partial charge in [0.1, 0.15) is 0 Å². The quantitative estimate of drug-likeness (QED) is 0.521. The first-order valence-corrected chi connectivity index (χ1v) is 12.4. The average molecular weight is 497 g/mol. The third kappa shape index (κ3) is 5.42. The molecule has 0 aromatic heterocycles. The Morgan fingerprint density at radius 1 is 0.946 bits per heavy atom. The van der Waals surface area contributed by atoms with Gasteiger partial charge in [-0.25, -0.2) is 0 Å². The molecule has 5 rings (SSSR count). The summed E-state index contributed by atoms with van der Waals surface area (Å²) in [7, 11) is 0. The summed E-state index contributed by atoms with van der Waals surface area (Å²) in [4.78, 5) is 28.1. The zero-order chi connectivity index (χ0) is 25.8. The number of amides is 2. The van der Waals surface area contributed by atoms with Crippen LogP contribution >= 0.6 is 0 Å². The Labute approximate surface area is 215 Å². The molecule has 2 unspecified atom stereocenters. The van der Waals surface area contributed by atoms with Crippen molar-refractivity contribution in [2.75, 3.05) is 12.1 Å². The average Bonchev–Trinajstić information content (AvgIpc) is 3.41. The van der Waals surface area contributed by atoms with Crippen molar-refractivity contribution < 1.29 is 19.1 Å². The van der Waals surface area contributed by atoms with Gasteiger partial charge >= 0.3 is 0 Å². The Balaban J connectivity index is 1.31. The summed E-state index contributed by atoms with van der Waals surface area (Å²) in [5, 5.41) is 12.0. The van der Waals surface area contributed by atoms with E-state index in [4.69, 9.17) is 20.5 Å². The van der Waals surface area contributed by atoms with Crippen LogP contribution in [0.3, 0.4) is 0 Å². The van der Waals surface area contributed by atoms with E-state index < -0.39 is 0 Å². The molecule has 0 spiro atoms. The second-order valence-electron chi connectivity index (χ2n) is 9.36. The van der Waals surface area contributed by atoms with E-state index in [9.17, 15) is 9.59 Å². The molecule has 0 radical (unpaired) electrons. The van der Waals surface area contributed by atoms with Crippen LogP contribution in [-0.4, -0.2) is 35.6 Å². The lowest BCUT2D eigenvalue weighted by molar-refractivity contribution is 0.0583. The van der Waals surface area contributed by atoms with E-state index in [2.05, 4.69) is 11.4 Å². The van der Waals surface area contributed by atoms with Gasteiger partial charge in [-0.3, -0.25) is 9.59 Å². The largest absolute Gasteiger partial charge is 0.454 e. The smallest absolute Gasteiger partial charge is 0.255 e. The van der Waals surface area contributed by atoms with Crippen LogP contribution in [0.1, 0.15) is 57.5 Å². The maximum absolute atomic E-state index is 13.6. The number of benzene rings is 3. The summed E-state index contributed by atoms with van der Waals surface area (Å²) in [5.41, 5.74) is 9.55. The number of fused-ring (bicyclic) bond motifs is 1. The molecule has 2 aliphatic rings. The minimum atomic E-state index is -0.253. The Bertz CT molecular complexity index is 1330. The predicted octanol–water partition coefficient (Wildman–Crippen LogP) is 4.45. The Hall–Kier alpha value is -4.35. The zero-order valence-corrected chi connectivity index (χ0v) is 20.4. The molecule has 3 N–H and O–H groups in total. The van der Waals surface area contributed by atoms with Crippen LogP contribution in [-0.2, 0) is 6.54 Å². The molecule has 0 bridgehead atoms. The van der Waals surface area contributed by atoms with Gasteiger partial charge in [0.2, 0.25) is 6.79 Å². The standard InChI is InChI=1S/C29H28N4O4/c30-16-19-5-9-21(10-6-19)29(35)33(25-4-2-1-3-24(25)31)17-20-7-12-23(13-8-20)32-28(34)22-11-14-26-27(15-22)37-18-36-26/h5-15,24-25H,1-4,17-18,31H2,(H,32,34). The second-order valence-corrected chi connectivity index (χ2v) is 9.36. The molecule has 2 amide bonds. The van der Waals surface area contributed by atoms with Gasteiger partial charge < -0.3 is 25.4 Å². The van der Waals surface area contributed by atoms with E-state index in [0.29, 0.717) is 40.4 Å². The summed E-state index contributed by atoms with van der Waals surface area (Å²) >= 11 is 0. The van der Waals surface area contributed by atoms with Crippen molar-refractivity contribution in [3.8, 4) is 17.6 Å². The van der Waals surface area contributed by atoms with Gasteiger partial charge in [-0.15, -0.1) is 0 Å². The van der Waals surface area contributed by atoms with Gasteiger partial charge in [0, 0.05) is 35.4 Å². The molecule has 1 aliphatic carbocycles. The fraction of sp³-hybridized carbons (Fsp3) is 0.276. The van der Waals surface area contributed by atoms with Crippen LogP contribution in [0.5, 0.6) is 11.5 Å². The molecule has 3 aromatic rings. The molecule has 3 aromatic carbocycles. The first-order valence-electron chi connectivity index (χ1n) is 12.4. The highest BCUT2D eigenvalue weighted by atomic mass is 16.7. The number of ether oxygens (including phenoxy) is 2. The first kappa shape index (κ1) is 24.3. The summed E-state index contributed by atoms with van der Waals surface area (Å²) in [6.07, 6.45) is 3.83. The molecule has 1 aliphatic heterocycles. The summed E-state index contributed by atoms with van der Waals surface area (Å²) in [6, 6.07) is 21.2. The topological polar surface area (TPSA) is 118 Å². The monoisotopic (exact) mass is 496 g/mol. The van der Waals surface area contributed by atoms with Crippen molar-refractivity contribution in [3.63, 3.8) is 0 Å². The zero-order valence-electron chi connectivity index (χ0n) is 20.4. The van der Waals surface area contributed by atoms with Crippen molar-refractivity contribution in [3.05, 3.63) is 89.0 Å². The van der Waals surface area contributed by atoms with Crippen LogP contribution in [0.25, 0.3) is 0 Å². The van der Waals surface area contributed by atoms with Crippen molar-refractivity contribution in [1.82, 2.24) is 4.90 Å². The highest BCUT2D eigenvalue weighted by molar-refractivity contribution is 6.04. The first-order chi connectivity index (χ1) is 18.0. The van der Waals surface area contributed by atoms with Crippen LogP contribution in [0.15, 0.2) is 66.7 Å². The van der Waals surface area contributed by atoms with E-state index >= 15 is 0 Å². The number of hydrogen-bond donors (Lipinski definition) is 2. The molecule has 8 nitrogen and oxygen atoms in total. The molecular formula is C29H28N4O4. The van der Waals surface area contributed by atoms with Crippen LogP contribution < -0.4 is 20.5 Å². The molecule has 8 heteroatoms. The fourth-order valence-corrected chi connectivity index (χ4v) is 4.85. The Morgan fingerprint density at radius 3 is 2.38 bits per heavy atom. The summed E-state index contributed by atoms with van der Waals surface area (Å²) in [5.74, 6) is 0.818. The molecule has 1 heterocycles. The maximum Gasteiger partial charge on any atom is 0.255 e. The molecular weight excluding hydrogens is 468 g/mol. The van der Waals surface area contributed by atoms with Gasteiger partial charge in [0.25, 0.3) is 11.8 Å². The lowest BCUT2D eigenvalue weighted by atomic mass is 9.89. The highest BCUT2D eigenvalue weighted by Gasteiger charge is 2.31. The predicted molar refractivity (Wildman–Crippen MR) is 138 cm³/mol. The van der Waals surface area contributed by atoms with Crippen molar-refractivity contribution in [1.29, 1.82) is 5.26 Å². The third-order valence-corrected chi connectivity index (χ3v) is 6.90.